The Morgan fingerprint density at radius 2 is 0.818 bits per heavy atom. The number of nitrogens with zero attached hydrogens (tertiary/aromatic N) is 4. The van der Waals surface area contributed by atoms with Gasteiger partial charge in [-0.05, 0) is 29.3 Å². The van der Waals surface area contributed by atoms with Gasteiger partial charge in [-0.2, -0.15) is 0 Å². The fourth-order valence-corrected chi connectivity index (χ4v) is 5.68. The lowest BCUT2D eigenvalue weighted by Crippen LogP contribution is -1.98. The Hall–Kier alpha value is -6.00. The van der Waals surface area contributed by atoms with E-state index in [9.17, 15) is 0 Å². The average molecular weight is 563 g/mol. The van der Waals surface area contributed by atoms with Crippen LogP contribution in [0.15, 0.2) is 158 Å². The lowest BCUT2D eigenvalue weighted by Gasteiger charge is -2.13. The predicted molar refractivity (Wildman–Crippen MR) is 180 cm³/mol. The van der Waals surface area contributed by atoms with Gasteiger partial charge in [0.05, 0.1) is 33.8 Å². The molecule has 3 heterocycles. The Morgan fingerprint density at radius 1 is 0.318 bits per heavy atom. The number of fused-ring (bicyclic) bond motifs is 3. The monoisotopic (exact) mass is 562 g/mol. The topological polar surface area (TPSA) is 51.6 Å². The van der Waals surface area contributed by atoms with Crippen molar-refractivity contribution in [2.75, 3.05) is 0 Å². The third-order valence-electron chi connectivity index (χ3n) is 7.88. The summed E-state index contributed by atoms with van der Waals surface area (Å²) in [5, 5.41) is 2.09. The minimum atomic E-state index is 0.664. The molecule has 0 fully saturated rings. The molecule has 206 valence electrons. The van der Waals surface area contributed by atoms with Crippen LogP contribution in [0.2, 0.25) is 0 Å². The van der Waals surface area contributed by atoms with Crippen LogP contribution >= 0.6 is 0 Å². The Morgan fingerprint density at radius 3 is 1.45 bits per heavy atom. The molecule has 0 aliphatic rings. The molecule has 0 saturated heterocycles. The van der Waals surface area contributed by atoms with Gasteiger partial charge >= 0.3 is 0 Å². The molecule has 0 spiro atoms. The lowest BCUT2D eigenvalue weighted by atomic mass is 9.97. The van der Waals surface area contributed by atoms with E-state index in [1.807, 2.05) is 84.9 Å². The molecule has 5 aromatic carbocycles. The summed E-state index contributed by atoms with van der Waals surface area (Å²) < 4.78 is 0. The molecule has 0 saturated carbocycles. The first-order chi connectivity index (χ1) is 21.8. The number of hydrogen-bond acceptors (Lipinski definition) is 4. The van der Waals surface area contributed by atoms with Gasteiger partial charge in [0, 0.05) is 27.5 Å². The molecule has 44 heavy (non-hydrogen) atoms. The average Bonchev–Trinajstić information content (AvgIpc) is 3.12. The predicted octanol–water partition coefficient (Wildman–Crippen LogP) is 9.91. The van der Waals surface area contributed by atoms with Gasteiger partial charge in [0.15, 0.2) is 5.82 Å². The quantitative estimate of drug-likeness (QED) is 0.196. The lowest BCUT2D eigenvalue weighted by molar-refractivity contribution is 1.17. The van der Waals surface area contributed by atoms with Crippen LogP contribution in [0.1, 0.15) is 0 Å². The fourth-order valence-electron chi connectivity index (χ4n) is 5.68. The molecule has 0 unspecified atom stereocenters. The van der Waals surface area contributed by atoms with Crippen LogP contribution in [0, 0.1) is 0 Å². The summed E-state index contributed by atoms with van der Waals surface area (Å²) >= 11 is 0. The van der Waals surface area contributed by atoms with Gasteiger partial charge in [-0.1, -0.05) is 140 Å². The van der Waals surface area contributed by atoms with Crippen molar-refractivity contribution in [1.29, 1.82) is 0 Å². The maximum Gasteiger partial charge on any atom is 0.160 e. The van der Waals surface area contributed by atoms with Gasteiger partial charge in [-0.25, -0.2) is 19.9 Å². The Bertz CT molecular complexity index is 2190. The normalized spacial score (nSPS) is 11.2. The minimum absolute atomic E-state index is 0.664. The zero-order chi connectivity index (χ0) is 29.3. The maximum absolute atomic E-state index is 5.26. The largest absolute Gasteiger partial charge is 0.245 e. The third-order valence-corrected chi connectivity index (χ3v) is 7.88. The van der Waals surface area contributed by atoms with Crippen LogP contribution in [-0.2, 0) is 0 Å². The molecule has 0 bridgehead atoms. The Kier molecular flexibility index (Phi) is 6.43. The Balaban J connectivity index is 1.38. The standard InChI is InChI=1S/C40H26N4/c1-5-13-27(14-6-1)33-25-35(28-15-7-2-8-16-28)42-39-32(33)23-21-30-22-24-34(41-38(30)39)37-26-36(29-17-9-3-10-18-29)43-40(44-37)31-19-11-4-12-20-31/h1-26H. The first-order valence-electron chi connectivity index (χ1n) is 14.7. The third kappa shape index (κ3) is 4.79. The molecule has 8 rings (SSSR count). The molecule has 0 N–H and O–H groups in total. The van der Waals surface area contributed by atoms with Crippen LogP contribution < -0.4 is 0 Å². The van der Waals surface area contributed by atoms with Gasteiger partial charge in [0.2, 0.25) is 0 Å². The van der Waals surface area contributed by atoms with Crippen LogP contribution in [0.3, 0.4) is 0 Å². The number of aromatic nitrogens is 4. The van der Waals surface area contributed by atoms with Crippen molar-refractivity contribution in [2.24, 2.45) is 0 Å². The fraction of sp³-hybridized carbons (Fsp3) is 0. The van der Waals surface area contributed by atoms with E-state index < -0.39 is 0 Å². The number of pyridine rings is 2. The highest BCUT2D eigenvalue weighted by atomic mass is 14.9. The summed E-state index contributed by atoms with van der Waals surface area (Å²) in [5.41, 5.74) is 10.3. The van der Waals surface area contributed by atoms with E-state index in [2.05, 4.69) is 72.8 Å². The Labute approximate surface area is 255 Å². The van der Waals surface area contributed by atoms with Crippen LogP contribution in [0.4, 0.5) is 0 Å². The van der Waals surface area contributed by atoms with Crippen LogP contribution in [-0.4, -0.2) is 19.9 Å². The summed E-state index contributed by atoms with van der Waals surface area (Å²) in [6.45, 7) is 0. The smallest absolute Gasteiger partial charge is 0.160 e. The zero-order valence-corrected chi connectivity index (χ0v) is 23.8. The van der Waals surface area contributed by atoms with Gasteiger partial charge < -0.3 is 0 Å². The van der Waals surface area contributed by atoms with Crippen LogP contribution in [0.25, 0.3) is 78.2 Å². The van der Waals surface area contributed by atoms with Crippen LogP contribution in [0.5, 0.6) is 0 Å². The molecule has 4 heteroatoms. The minimum Gasteiger partial charge on any atom is -0.245 e. The highest BCUT2D eigenvalue weighted by molar-refractivity contribution is 6.09. The van der Waals surface area contributed by atoms with Crippen molar-refractivity contribution in [3.8, 4) is 56.4 Å². The van der Waals surface area contributed by atoms with Gasteiger partial charge in [-0.15, -0.1) is 0 Å². The second-order valence-corrected chi connectivity index (χ2v) is 10.7. The van der Waals surface area contributed by atoms with Crippen molar-refractivity contribution in [1.82, 2.24) is 19.9 Å². The zero-order valence-electron chi connectivity index (χ0n) is 23.8. The van der Waals surface area contributed by atoms with Crippen molar-refractivity contribution >= 4 is 21.8 Å². The second kappa shape index (κ2) is 11.0. The first-order valence-corrected chi connectivity index (χ1v) is 14.7. The van der Waals surface area contributed by atoms with E-state index in [-0.39, 0.29) is 0 Å². The highest BCUT2D eigenvalue weighted by Crippen LogP contribution is 2.36. The van der Waals surface area contributed by atoms with Crippen molar-refractivity contribution in [2.45, 2.75) is 0 Å². The number of benzene rings is 5. The maximum atomic E-state index is 5.26. The summed E-state index contributed by atoms with van der Waals surface area (Å²) in [7, 11) is 0. The van der Waals surface area contributed by atoms with E-state index in [4.69, 9.17) is 19.9 Å². The van der Waals surface area contributed by atoms with E-state index in [1.54, 1.807) is 0 Å². The molecule has 0 radical (unpaired) electrons. The number of rotatable bonds is 5. The summed E-state index contributed by atoms with van der Waals surface area (Å²) in [6, 6.07) is 53.8. The molecule has 3 aromatic heterocycles. The second-order valence-electron chi connectivity index (χ2n) is 10.7. The van der Waals surface area contributed by atoms with Gasteiger partial charge in [0.1, 0.15) is 0 Å². The highest BCUT2D eigenvalue weighted by Gasteiger charge is 2.16. The number of hydrogen-bond donors (Lipinski definition) is 0. The van der Waals surface area contributed by atoms with Crippen molar-refractivity contribution < 1.29 is 0 Å². The molecule has 0 aliphatic carbocycles. The SMILES string of the molecule is c1ccc(-c2cc(-c3ccc4ccc5c(-c6ccccc6)cc(-c6ccccc6)nc5c4n3)nc(-c3ccccc3)n2)cc1. The first kappa shape index (κ1) is 25.7. The summed E-state index contributed by atoms with van der Waals surface area (Å²) in [6.07, 6.45) is 0. The molecular formula is C40H26N4. The summed E-state index contributed by atoms with van der Waals surface area (Å²) in [5.74, 6) is 0.664. The molecule has 0 atom stereocenters. The van der Waals surface area contributed by atoms with Crippen molar-refractivity contribution in [3.05, 3.63) is 158 Å². The molecule has 4 nitrogen and oxygen atoms in total. The molecule has 8 aromatic rings. The van der Waals surface area contributed by atoms with E-state index in [0.717, 1.165) is 72.4 Å². The molecule has 0 aliphatic heterocycles. The molecular weight excluding hydrogens is 536 g/mol. The van der Waals surface area contributed by atoms with E-state index >= 15 is 0 Å². The van der Waals surface area contributed by atoms with E-state index in [1.165, 1.54) is 0 Å². The summed E-state index contributed by atoms with van der Waals surface area (Å²) in [4.78, 5) is 20.5. The van der Waals surface area contributed by atoms with Crippen molar-refractivity contribution in [3.63, 3.8) is 0 Å². The molecule has 0 amide bonds. The van der Waals surface area contributed by atoms with E-state index in [0.29, 0.717) is 5.82 Å². The van der Waals surface area contributed by atoms with Gasteiger partial charge in [0.25, 0.3) is 0 Å². The van der Waals surface area contributed by atoms with Gasteiger partial charge in [-0.3, -0.25) is 0 Å².